The van der Waals surface area contributed by atoms with Crippen LogP contribution in [-0.4, -0.2) is 22.8 Å². The molecule has 0 atom stereocenters. The maximum Gasteiger partial charge on any atom is 0.284 e. The van der Waals surface area contributed by atoms with E-state index in [-0.39, 0.29) is 17.4 Å². The number of rotatable bonds is 1. The Hall–Kier alpha value is -2.37. The molecule has 0 spiro atoms. The van der Waals surface area contributed by atoms with Crippen molar-refractivity contribution in [2.24, 2.45) is 0 Å². The summed E-state index contributed by atoms with van der Waals surface area (Å²) in [6.45, 7) is 0.655. The summed E-state index contributed by atoms with van der Waals surface area (Å²) in [7, 11) is 0. The summed E-state index contributed by atoms with van der Waals surface area (Å²) in [5, 5.41) is 7.05. The summed E-state index contributed by atoms with van der Waals surface area (Å²) in [4.78, 5) is 14.2. The second-order valence-electron chi connectivity index (χ2n) is 4.54. The number of hydrogen-bond acceptors (Lipinski definition) is 5. The molecule has 1 aliphatic heterocycles. The van der Waals surface area contributed by atoms with E-state index in [0.29, 0.717) is 6.54 Å². The van der Waals surface area contributed by atoms with Crippen LogP contribution in [0.25, 0.3) is 0 Å². The van der Waals surface area contributed by atoms with Gasteiger partial charge in [-0.25, -0.2) is 4.63 Å². The highest BCUT2D eigenvalue weighted by Crippen LogP contribution is 2.27. The van der Waals surface area contributed by atoms with Crippen molar-refractivity contribution in [2.75, 3.05) is 17.2 Å². The normalized spacial score (nSPS) is 14.8. The molecule has 98 valence electrons. The van der Waals surface area contributed by atoms with Crippen LogP contribution in [0.2, 0.25) is 0 Å². The first kappa shape index (κ1) is 11.7. The Bertz CT molecular complexity index is 608. The molecule has 1 aliphatic rings. The van der Waals surface area contributed by atoms with Crippen molar-refractivity contribution >= 4 is 17.4 Å². The van der Waals surface area contributed by atoms with E-state index in [0.717, 1.165) is 24.9 Å². The molecule has 0 radical (unpaired) electrons. The number of nitrogen functional groups attached to an aromatic ring is 1. The van der Waals surface area contributed by atoms with Crippen molar-refractivity contribution in [3.8, 4) is 0 Å². The van der Waals surface area contributed by atoms with Crippen molar-refractivity contribution in [3.05, 3.63) is 35.5 Å². The van der Waals surface area contributed by atoms with Gasteiger partial charge >= 0.3 is 0 Å². The highest BCUT2D eigenvalue weighted by molar-refractivity contribution is 6.07. The first-order chi connectivity index (χ1) is 9.27. The number of carbonyl (C=O) groups excluding carboxylic acids is 1. The Morgan fingerprint density at radius 3 is 2.89 bits per heavy atom. The summed E-state index contributed by atoms with van der Waals surface area (Å²) in [6.07, 6.45) is 2.99. The van der Waals surface area contributed by atoms with Crippen LogP contribution in [0.15, 0.2) is 28.9 Å². The van der Waals surface area contributed by atoms with Gasteiger partial charge in [0.15, 0.2) is 0 Å². The summed E-state index contributed by atoms with van der Waals surface area (Å²) >= 11 is 0. The standard InChI is InChI=1S/C13H14N4O2/c14-12-11(15-19-16-12)13(18)17-8-4-3-6-9-5-1-2-7-10(9)17/h1-2,5,7H,3-4,6,8H2,(H2,14,16). The van der Waals surface area contributed by atoms with E-state index in [9.17, 15) is 4.79 Å². The fourth-order valence-corrected chi connectivity index (χ4v) is 2.37. The smallest absolute Gasteiger partial charge is 0.284 e. The van der Waals surface area contributed by atoms with Crippen molar-refractivity contribution < 1.29 is 9.42 Å². The van der Waals surface area contributed by atoms with Crippen molar-refractivity contribution in [1.82, 2.24) is 10.3 Å². The lowest BCUT2D eigenvalue weighted by Crippen LogP contribution is -2.32. The van der Waals surface area contributed by atoms with Crippen molar-refractivity contribution in [3.63, 3.8) is 0 Å². The fourth-order valence-electron chi connectivity index (χ4n) is 2.37. The minimum atomic E-state index is -0.256. The van der Waals surface area contributed by atoms with E-state index in [1.165, 1.54) is 5.56 Å². The van der Waals surface area contributed by atoms with E-state index in [4.69, 9.17) is 5.73 Å². The molecule has 3 rings (SSSR count). The van der Waals surface area contributed by atoms with Crippen LogP contribution in [0, 0.1) is 0 Å². The molecule has 6 nitrogen and oxygen atoms in total. The third-order valence-electron chi connectivity index (χ3n) is 3.32. The molecule has 19 heavy (non-hydrogen) atoms. The molecule has 2 N–H and O–H groups in total. The van der Waals surface area contributed by atoms with Crippen LogP contribution < -0.4 is 10.6 Å². The second kappa shape index (κ2) is 4.72. The van der Waals surface area contributed by atoms with Gasteiger partial charge < -0.3 is 10.6 Å². The summed E-state index contributed by atoms with van der Waals surface area (Å²) < 4.78 is 4.50. The van der Waals surface area contributed by atoms with Crippen molar-refractivity contribution in [1.29, 1.82) is 0 Å². The van der Waals surface area contributed by atoms with Crippen LogP contribution >= 0.6 is 0 Å². The average molecular weight is 258 g/mol. The Labute approximate surface area is 110 Å². The van der Waals surface area contributed by atoms with Crippen LogP contribution in [0.3, 0.4) is 0 Å². The summed E-state index contributed by atoms with van der Waals surface area (Å²) in [6, 6.07) is 7.90. The molecular formula is C13H14N4O2. The van der Waals surface area contributed by atoms with Gasteiger partial charge in [0.2, 0.25) is 11.5 Å². The number of anilines is 2. The van der Waals surface area contributed by atoms with Gasteiger partial charge in [-0.2, -0.15) is 0 Å². The highest BCUT2D eigenvalue weighted by Gasteiger charge is 2.26. The molecule has 0 saturated carbocycles. The van der Waals surface area contributed by atoms with Crippen molar-refractivity contribution in [2.45, 2.75) is 19.3 Å². The molecule has 1 aromatic carbocycles. The summed E-state index contributed by atoms with van der Waals surface area (Å²) in [5.41, 5.74) is 7.77. The zero-order valence-electron chi connectivity index (χ0n) is 10.4. The Balaban J connectivity index is 2.01. The molecule has 6 heteroatoms. The molecule has 0 aliphatic carbocycles. The molecule has 0 fully saturated rings. The van der Waals surface area contributed by atoms with E-state index in [1.54, 1.807) is 4.90 Å². The van der Waals surface area contributed by atoms with Gasteiger partial charge in [0, 0.05) is 12.2 Å². The third-order valence-corrected chi connectivity index (χ3v) is 3.32. The molecule has 0 bridgehead atoms. The number of aromatic nitrogens is 2. The zero-order valence-corrected chi connectivity index (χ0v) is 10.4. The monoisotopic (exact) mass is 258 g/mol. The van der Waals surface area contributed by atoms with E-state index in [2.05, 4.69) is 14.9 Å². The maximum absolute atomic E-state index is 12.5. The van der Waals surface area contributed by atoms with Gasteiger partial charge in [-0.3, -0.25) is 4.79 Å². The number of amides is 1. The number of para-hydroxylation sites is 1. The van der Waals surface area contributed by atoms with E-state index < -0.39 is 0 Å². The van der Waals surface area contributed by atoms with Gasteiger partial charge in [0.25, 0.3) is 5.91 Å². The molecule has 1 aromatic heterocycles. The summed E-state index contributed by atoms with van der Waals surface area (Å²) in [5.74, 6) is -0.222. The lowest BCUT2D eigenvalue weighted by Gasteiger charge is -2.21. The quantitative estimate of drug-likeness (QED) is 0.840. The van der Waals surface area contributed by atoms with Crippen LogP contribution in [0.1, 0.15) is 28.9 Å². The minimum Gasteiger partial charge on any atom is -0.379 e. The Kier molecular flexibility index (Phi) is 2.91. The second-order valence-corrected chi connectivity index (χ2v) is 4.54. The third kappa shape index (κ3) is 2.05. The average Bonchev–Trinajstić information content (AvgIpc) is 2.74. The fraction of sp³-hybridized carbons (Fsp3) is 0.308. The molecule has 1 amide bonds. The van der Waals surface area contributed by atoms with Crippen LogP contribution in [0.5, 0.6) is 0 Å². The van der Waals surface area contributed by atoms with Crippen LogP contribution in [-0.2, 0) is 6.42 Å². The first-order valence-corrected chi connectivity index (χ1v) is 6.25. The molecular weight excluding hydrogens is 244 g/mol. The van der Waals surface area contributed by atoms with Crippen LogP contribution in [0.4, 0.5) is 11.5 Å². The van der Waals surface area contributed by atoms with Gasteiger partial charge in [-0.15, -0.1) is 0 Å². The van der Waals surface area contributed by atoms with E-state index >= 15 is 0 Å². The number of hydrogen-bond donors (Lipinski definition) is 1. The predicted octanol–water partition coefficient (Wildman–Crippen LogP) is 1.63. The molecule has 0 saturated heterocycles. The Morgan fingerprint density at radius 1 is 1.26 bits per heavy atom. The van der Waals surface area contributed by atoms with Gasteiger partial charge in [-0.05, 0) is 41.2 Å². The number of nitrogens with two attached hydrogens (primary N) is 1. The lowest BCUT2D eigenvalue weighted by molar-refractivity contribution is 0.0978. The lowest BCUT2D eigenvalue weighted by atomic mass is 10.1. The number of benzene rings is 1. The zero-order chi connectivity index (χ0) is 13.2. The van der Waals surface area contributed by atoms with Gasteiger partial charge in [0.05, 0.1) is 0 Å². The number of carbonyl (C=O) groups is 1. The first-order valence-electron chi connectivity index (χ1n) is 6.25. The number of aryl methyl sites for hydroxylation is 1. The van der Waals surface area contributed by atoms with Gasteiger partial charge in [0.1, 0.15) is 0 Å². The highest BCUT2D eigenvalue weighted by atomic mass is 16.6. The SMILES string of the molecule is Nc1nonc1C(=O)N1CCCCc2ccccc21. The molecule has 0 unspecified atom stereocenters. The topological polar surface area (TPSA) is 85.2 Å². The minimum absolute atomic E-state index is 0.0340. The maximum atomic E-state index is 12.5. The number of fused-ring (bicyclic) bond motifs is 1. The Morgan fingerprint density at radius 2 is 2.11 bits per heavy atom. The largest absolute Gasteiger partial charge is 0.379 e. The molecule has 2 heterocycles. The number of nitrogens with zero attached hydrogens (tertiary/aromatic N) is 3. The predicted molar refractivity (Wildman–Crippen MR) is 69.8 cm³/mol. The van der Waals surface area contributed by atoms with E-state index in [1.807, 2.05) is 24.3 Å². The molecule has 2 aromatic rings. The van der Waals surface area contributed by atoms with Gasteiger partial charge in [-0.1, -0.05) is 18.2 Å².